The second-order valence-corrected chi connectivity index (χ2v) is 3.73. The number of hydrogen-bond acceptors (Lipinski definition) is 3. The minimum Gasteiger partial charge on any atom is -0.382 e. The first-order valence-corrected chi connectivity index (χ1v) is 4.85. The summed E-state index contributed by atoms with van der Waals surface area (Å²) in [5.41, 5.74) is 6.68. The number of H-pyrrole nitrogens is 1. The van der Waals surface area contributed by atoms with Crippen LogP contribution < -0.4 is 11.1 Å². The lowest BCUT2D eigenvalue weighted by Crippen LogP contribution is -2.30. The maximum absolute atomic E-state index is 5.53. The van der Waals surface area contributed by atoms with Crippen LogP contribution >= 0.6 is 0 Å². The largest absolute Gasteiger partial charge is 0.382 e. The summed E-state index contributed by atoms with van der Waals surface area (Å²) in [5, 5.41) is 10.3. The molecule has 13 heavy (non-hydrogen) atoms. The molecule has 1 saturated heterocycles. The number of piperidine rings is 1. The summed E-state index contributed by atoms with van der Waals surface area (Å²) in [4.78, 5) is 0. The molecule has 1 atom stereocenters. The predicted octanol–water partition coefficient (Wildman–Crippen LogP) is 0.534. The highest BCUT2D eigenvalue weighted by molar-refractivity contribution is 5.28. The van der Waals surface area contributed by atoms with Crippen LogP contribution in [0.4, 0.5) is 5.82 Å². The molecule has 1 aliphatic heterocycles. The molecule has 0 aliphatic carbocycles. The number of hydrogen-bond donors (Lipinski definition) is 3. The molecular weight excluding hydrogens is 164 g/mol. The molecule has 0 radical (unpaired) electrons. The molecule has 4 nitrogen and oxygen atoms in total. The minimum absolute atomic E-state index is 0.596. The molecule has 0 aromatic carbocycles. The number of nitrogens with two attached hydrogens (primary N) is 1. The minimum atomic E-state index is 0.596. The van der Waals surface area contributed by atoms with Gasteiger partial charge in [-0.05, 0) is 38.3 Å². The van der Waals surface area contributed by atoms with Crippen LogP contribution in [-0.2, 0) is 6.42 Å². The Bertz CT molecular complexity index is 262. The molecule has 1 aromatic rings. The fourth-order valence-corrected chi connectivity index (χ4v) is 1.89. The van der Waals surface area contributed by atoms with E-state index in [1.54, 1.807) is 0 Å². The average Bonchev–Trinajstić information content (AvgIpc) is 2.53. The Hall–Kier alpha value is -1.03. The van der Waals surface area contributed by atoms with Gasteiger partial charge < -0.3 is 11.1 Å². The number of nitrogen functional groups attached to an aromatic ring is 1. The Labute approximate surface area is 77.9 Å². The van der Waals surface area contributed by atoms with Crippen molar-refractivity contribution in [2.45, 2.75) is 19.3 Å². The molecule has 0 saturated carbocycles. The van der Waals surface area contributed by atoms with Gasteiger partial charge in [0.15, 0.2) is 0 Å². The van der Waals surface area contributed by atoms with Gasteiger partial charge in [-0.3, -0.25) is 5.10 Å². The van der Waals surface area contributed by atoms with Crippen LogP contribution in [0.1, 0.15) is 18.5 Å². The van der Waals surface area contributed by atoms with E-state index in [9.17, 15) is 0 Å². The van der Waals surface area contributed by atoms with E-state index in [-0.39, 0.29) is 0 Å². The van der Waals surface area contributed by atoms with Gasteiger partial charge in [-0.2, -0.15) is 5.10 Å². The van der Waals surface area contributed by atoms with Gasteiger partial charge in [-0.1, -0.05) is 0 Å². The molecule has 1 unspecified atom stereocenters. The van der Waals surface area contributed by atoms with Crippen LogP contribution in [-0.4, -0.2) is 23.3 Å². The van der Waals surface area contributed by atoms with Crippen LogP contribution in [0.2, 0.25) is 0 Å². The van der Waals surface area contributed by atoms with Gasteiger partial charge in [0.2, 0.25) is 0 Å². The Morgan fingerprint density at radius 3 is 3.15 bits per heavy atom. The third-order valence-electron chi connectivity index (χ3n) is 2.56. The van der Waals surface area contributed by atoms with Gasteiger partial charge in [-0.15, -0.1) is 0 Å². The molecule has 0 bridgehead atoms. The first-order valence-electron chi connectivity index (χ1n) is 4.85. The zero-order valence-electron chi connectivity index (χ0n) is 7.71. The molecule has 2 rings (SSSR count). The van der Waals surface area contributed by atoms with E-state index in [0.29, 0.717) is 5.82 Å². The van der Waals surface area contributed by atoms with Crippen molar-refractivity contribution in [2.75, 3.05) is 18.8 Å². The summed E-state index contributed by atoms with van der Waals surface area (Å²) in [6.07, 6.45) is 3.66. The molecule has 0 spiro atoms. The van der Waals surface area contributed by atoms with Gasteiger partial charge in [-0.25, -0.2) is 0 Å². The van der Waals surface area contributed by atoms with E-state index >= 15 is 0 Å². The summed E-state index contributed by atoms with van der Waals surface area (Å²) in [5.74, 6) is 1.34. The predicted molar refractivity (Wildman–Crippen MR) is 52.3 cm³/mol. The summed E-state index contributed by atoms with van der Waals surface area (Å²) < 4.78 is 0. The maximum Gasteiger partial charge on any atom is 0.145 e. The third-order valence-corrected chi connectivity index (χ3v) is 2.56. The highest BCUT2D eigenvalue weighted by Crippen LogP contribution is 2.15. The van der Waals surface area contributed by atoms with Crippen LogP contribution in [0.15, 0.2) is 6.07 Å². The van der Waals surface area contributed by atoms with Gasteiger partial charge in [0.25, 0.3) is 0 Å². The molecule has 2 heterocycles. The first-order chi connectivity index (χ1) is 6.34. The second kappa shape index (κ2) is 3.79. The second-order valence-electron chi connectivity index (χ2n) is 3.73. The summed E-state index contributed by atoms with van der Waals surface area (Å²) in [7, 11) is 0. The van der Waals surface area contributed by atoms with Crippen molar-refractivity contribution < 1.29 is 0 Å². The smallest absolute Gasteiger partial charge is 0.145 e. The van der Waals surface area contributed by atoms with Crippen molar-refractivity contribution in [3.8, 4) is 0 Å². The standard InChI is InChI=1S/C9H16N4/c10-9-5-8(12-13-9)4-7-2-1-3-11-6-7/h5,7,11H,1-4,6H2,(H3,10,12,13). The van der Waals surface area contributed by atoms with Gasteiger partial charge in [0, 0.05) is 11.8 Å². The van der Waals surface area contributed by atoms with Crippen LogP contribution in [0.3, 0.4) is 0 Å². The van der Waals surface area contributed by atoms with Crippen molar-refractivity contribution in [3.63, 3.8) is 0 Å². The topological polar surface area (TPSA) is 66.7 Å². The highest BCUT2D eigenvalue weighted by atomic mass is 15.2. The molecule has 4 heteroatoms. The lowest BCUT2D eigenvalue weighted by molar-refractivity contribution is 0.373. The zero-order valence-corrected chi connectivity index (χ0v) is 7.71. The van der Waals surface area contributed by atoms with Crippen LogP contribution in [0.25, 0.3) is 0 Å². The zero-order chi connectivity index (χ0) is 9.10. The van der Waals surface area contributed by atoms with E-state index in [0.717, 1.165) is 24.6 Å². The van der Waals surface area contributed by atoms with E-state index < -0.39 is 0 Å². The highest BCUT2D eigenvalue weighted by Gasteiger charge is 2.14. The van der Waals surface area contributed by atoms with Crippen molar-refractivity contribution in [1.82, 2.24) is 15.5 Å². The monoisotopic (exact) mass is 180 g/mol. The lowest BCUT2D eigenvalue weighted by Gasteiger charge is -2.21. The Balaban J connectivity index is 1.89. The Morgan fingerprint density at radius 1 is 1.62 bits per heavy atom. The van der Waals surface area contributed by atoms with Crippen molar-refractivity contribution in [3.05, 3.63) is 11.8 Å². The fraction of sp³-hybridized carbons (Fsp3) is 0.667. The molecule has 1 aromatic heterocycles. The number of rotatable bonds is 2. The maximum atomic E-state index is 5.53. The first kappa shape index (κ1) is 8.56. The van der Waals surface area contributed by atoms with Crippen LogP contribution in [0.5, 0.6) is 0 Å². The van der Waals surface area contributed by atoms with Gasteiger partial charge in [0.1, 0.15) is 5.82 Å². The molecule has 72 valence electrons. The molecular formula is C9H16N4. The number of aromatic amines is 1. The van der Waals surface area contributed by atoms with E-state index in [4.69, 9.17) is 5.73 Å². The molecule has 1 aliphatic rings. The van der Waals surface area contributed by atoms with Crippen molar-refractivity contribution in [1.29, 1.82) is 0 Å². The number of aromatic nitrogens is 2. The van der Waals surface area contributed by atoms with E-state index in [2.05, 4.69) is 15.5 Å². The fourth-order valence-electron chi connectivity index (χ4n) is 1.89. The third kappa shape index (κ3) is 2.21. The number of anilines is 1. The van der Waals surface area contributed by atoms with Gasteiger partial charge >= 0.3 is 0 Å². The van der Waals surface area contributed by atoms with E-state index in [1.807, 2.05) is 6.07 Å². The Morgan fingerprint density at radius 2 is 2.54 bits per heavy atom. The molecule has 4 N–H and O–H groups in total. The van der Waals surface area contributed by atoms with Crippen molar-refractivity contribution >= 4 is 5.82 Å². The molecule has 0 amide bonds. The summed E-state index contributed by atoms with van der Waals surface area (Å²) >= 11 is 0. The number of nitrogens with one attached hydrogen (secondary N) is 2. The number of nitrogens with zero attached hydrogens (tertiary/aromatic N) is 1. The van der Waals surface area contributed by atoms with Gasteiger partial charge in [0.05, 0.1) is 0 Å². The normalized spacial score (nSPS) is 23.2. The SMILES string of the molecule is Nc1cc(CC2CCCNC2)[nH]n1. The quantitative estimate of drug-likeness (QED) is 0.622. The van der Waals surface area contributed by atoms with Crippen LogP contribution in [0, 0.1) is 5.92 Å². The average molecular weight is 180 g/mol. The van der Waals surface area contributed by atoms with Crippen molar-refractivity contribution in [2.24, 2.45) is 5.92 Å². The lowest BCUT2D eigenvalue weighted by atomic mass is 9.95. The van der Waals surface area contributed by atoms with E-state index in [1.165, 1.54) is 19.4 Å². The Kier molecular flexibility index (Phi) is 2.49. The summed E-state index contributed by atoms with van der Waals surface area (Å²) in [6.45, 7) is 2.29. The molecule has 1 fully saturated rings. The summed E-state index contributed by atoms with van der Waals surface area (Å²) in [6, 6.07) is 1.93.